The second kappa shape index (κ2) is 25.5. The van der Waals surface area contributed by atoms with Crippen molar-refractivity contribution >= 4 is 54.8 Å². The number of methoxy groups -OCH3 is 7. The van der Waals surface area contributed by atoms with Crippen molar-refractivity contribution in [2.24, 2.45) is 0 Å². The molecular weight excluding hydrogens is 1000 g/mol. The van der Waals surface area contributed by atoms with Crippen LogP contribution < -0.4 is 14.2 Å². The van der Waals surface area contributed by atoms with E-state index in [2.05, 4.69) is 68.6 Å². The summed E-state index contributed by atoms with van der Waals surface area (Å²) in [7, 11) is 8.21. The normalized spacial score (nSPS) is 11.5. The van der Waals surface area contributed by atoms with E-state index in [9.17, 15) is 24.3 Å². The highest BCUT2D eigenvalue weighted by Crippen LogP contribution is 2.39. The number of esters is 4. The maximum atomic E-state index is 12.6. The first-order valence-corrected chi connectivity index (χ1v) is 26.7. The quantitative estimate of drug-likeness (QED) is 0.0306. The molecule has 13 nitrogen and oxygen atoms in total. The lowest BCUT2D eigenvalue weighted by atomic mass is 9.88. The first-order valence-electron chi connectivity index (χ1n) is 22.7. The molecule has 15 heteroatoms. The van der Waals surface area contributed by atoms with Crippen molar-refractivity contribution in [2.75, 3.05) is 49.8 Å². The van der Waals surface area contributed by atoms with Crippen LogP contribution in [0, 0.1) is 3.57 Å². The van der Waals surface area contributed by atoms with Crippen LogP contribution in [0.15, 0.2) is 48.5 Å². The zero-order valence-electron chi connectivity index (χ0n) is 41.8. The summed E-state index contributed by atoms with van der Waals surface area (Å²) in [5.74, 6) is 0.686. The Balaban J connectivity index is 1.85. The number of phenolic OH excluding ortho intramolecular Hbond substituents is 1. The molecule has 1 N–H and O–H groups in total. The molecule has 0 bridgehead atoms. The minimum Gasteiger partial charge on any atom is -0.507 e. The van der Waals surface area contributed by atoms with Gasteiger partial charge in [-0.15, -0.1) is 0 Å². The smallest absolute Gasteiger partial charge is 0.305 e. The van der Waals surface area contributed by atoms with E-state index in [1.54, 1.807) is 27.4 Å². The fourth-order valence-corrected chi connectivity index (χ4v) is 9.27. The van der Waals surface area contributed by atoms with E-state index in [0.29, 0.717) is 72.4 Å². The zero-order valence-corrected chi connectivity index (χ0v) is 45.0. The van der Waals surface area contributed by atoms with E-state index in [-0.39, 0.29) is 60.3 Å². The van der Waals surface area contributed by atoms with Gasteiger partial charge in [0.25, 0.3) is 0 Å². The third kappa shape index (κ3) is 15.2. The molecule has 0 aromatic heterocycles. The number of benzene rings is 4. The fourth-order valence-electron chi connectivity index (χ4n) is 7.79. The molecule has 0 amide bonds. The minimum atomic E-state index is -2.12. The summed E-state index contributed by atoms with van der Waals surface area (Å²) < 4.78 is 45.5. The highest BCUT2D eigenvalue weighted by Gasteiger charge is 2.37. The van der Waals surface area contributed by atoms with Gasteiger partial charge < -0.3 is 42.7 Å². The number of aromatic hydroxyl groups is 1. The zero-order chi connectivity index (χ0) is 50.3. The van der Waals surface area contributed by atoms with Crippen molar-refractivity contribution in [3.05, 3.63) is 113 Å². The number of carbonyl (C=O) groups excluding carboxylic acids is 4. The first kappa shape index (κ1) is 55.5. The molecule has 4 rings (SSSR count). The highest BCUT2D eigenvalue weighted by atomic mass is 127. The van der Waals surface area contributed by atoms with Gasteiger partial charge in [-0.1, -0.05) is 39.0 Å². The van der Waals surface area contributed by atoms with Crippen molar-refractivity contribution in [3.8, 4) is 23.0 Å². The molecule has 370 valence electrons. The fraction of sp³-hybridized carbons (Fsp3) is 0.472. The lowest BCUT2D eigenvalue weighted by molar-refractivity contribution is -0.141. The minimum absolute atomic E-state index is 0.00130. The standard InChI is InChI=1S/C53H69IO13Si/c1-53(2,3)68(11,12)67-32-43-31-48(62-6)42(23-35(43)15-19-51(58)65-9)26-39-30-47(61-5)41(22-34(39)14-18-50(57)64-8)25-38-29-46(60-4)40(21-33(38)13-17-49(56)63-7)24-37-28-45(55)44(54)27-36(37)16-20-52(59)66-10/h21-23,27-31,55H,13-20,24-26,32H2,1-12H3. The van der Waals surface area contributed by atoms with Crippen LogP contribution in [0.25, 0.3) is 0 Å². The molecular formula is C53H69IO13Si. The SMILES string of the molecule is COC(=O)CCc1cc(Cc2cc(OC)c(Cc3cc(OC)c(Cc4cc(O)c(I)cc4CCC(=O)OC)cc3CCC(=O)OC)cc2CCC(=O)OC)c(OC)cc1CO[Si](C)(C)C(C)(C)C. The van der Waals surface area contributed by atoms with Crippen molar-refractivity contribution in [1.29, 1.82) is 0 Å². The summed E-state index contributed by atoms with van der Waals surface area (Å²) in [6.07, 6.45) is 3.46. The van der Waals surface area contributed by atoms with E-state index in [1.807, 2.05) is 30.3 Å². The molecule has 0 radical (unpaired) electrons. The van der Waals surface area contributed by atoms with Gasteiger partial charge in [0, 0.05) is 44.9 Å². The Hall–Kier alpha value is -5.13. The number of carbonyl (C=O) groups is 4. The summed E-state index contributed by atoms with van der Waals surface area (Å²) in [5.41, 5.74) is 9.79. The molecule has 0 heterocycles. The van der Waals surface area contributed by atoms with Crippen molar-refractivity contribution in [3.63, 3.8) is 0 Å². The lowest BCUT2D eigenvalue weighted by Crippen LogP contribution is -2.40. The van der Waals surface area contributed by atoms with Gasteiger partial charge in [0.2, 0.25) is 0 Å². The predicted octanol–water partition coefficient (Wildman–Crippen LogP) is 9.74. The van der Waals surface area contributed by atoms with Gasteiger partial charge in [0.05, 0.1) is 59.9 Å². The van der Waals surface area contributed by atoms with Crippen LogP contribution in [0.1, 0.15) is 108 Å². The number of ether oxygens (including phenoxy) is 7. The van der Waals surface area contributed by atoms with Crippen LogP contribution in [0.2, 0.25) is 18.1 Å². The highest BCUT2D eigenvalue weighted by molar-refractivity contribution is 14.1. The molecule has 0 unspecified atom stereocenters. The van der Waals surface area contributed by atoms with E-state index in [4.69, 9.17) is 37.6 Å². The summed E-state index contributed by atoms with van der Waals surface area (Å²) in [4.78, 5) is 49.8. The maximum absolute atomic E-state index is 12.6. The average molecular weight is 1070 g/mol. The number of phenols is 1. The molecule has 0 atom stereocenters. The number of halogens is 1. The molecule has 0 fully saturated rings. The van der Waals surface area contributed by atoms with Gasteiger partial charge in [-0.05, 0) is 158 Å². The summed E-state index contributed by atoms with van der Waals surface area (Å²) in [6, 6.07) is 15.8. The summed E-state index contributed by atoms with van der Waals surface area (Å²) >= 11 is 2.07. The van der Waals surface area contributed by atoms with Crippen molar-refractivity contribution < 1.29 is 61.9 Å². The van der Waals surface area contributed by atoms with Crippen LogP contribution in [0.5, 0.6) is 23.0 Å². The van der Waals surface area contributed by atoms with E-state index in [1.165, 1.54) is 28.4 Å². The van der Waals surface area contributed by atoms with Crippen LogP contribution in [-0.2, 0) is 94.1 Å². The molecule has 68 heavy (non-hydrogen) atoms. The third-order valence-electron chi connectivity index (χ3n) is 12.9. The number of hydrogen-bond donors (Lipinski definition) is 1. The Morgan fingerprint density at radius 1 is 0.471 bits per heavy atom. The molecule has 0 spiro atoms. The lowest BCUT2D eigenvalue weighted by Gasteiger charge is -2.36. The molecule has 4 aromatic rings. The Bertz CT molecular complexity index is 2420. The van der Waals surface area contributed by atoms with Crippen molar-refractivity contribution in [2.45, 2.75) is 116 Å². The van der Waals surface area contributed by atoms with Gasteiger partial charge >= 0.3 is 23.9 Å². The van der Waals surface area contributed by atoms with E-state index >= 15 is 0 Å². The third-order valence-corrected chi connectivity index (χ3v) is 18.3. The largest absolute Gasteiger partial charge is 0.507 e. The van der Waals surface area contributed by atoms with E-state index < -0.39 is 8.32 Å². The van der Waals surface area contributed by atoms with Crippen LogP contribution in [0.4, 0.5) is 0 Å². The van der Waals surface area contributed by atoms with Gasteiger partial charge in [0.15, 0.2) is 8.32 Å². The number of hydrogen-bond acceptors (Lipinski definition) is 13. The Labute approximate surface area is 416 Å². The van der Waals surface area contributed by atoms with Crippen LogP contribution in [-0.4, -0.2) is 87.1 Å². The molecule has 0 saturated heterocycles. The Morgan fingerprint density at radius 3 is 1.10 bits per heavy atom. The Kier molecular flexibility index (Phi) is 20.8. The second-order valence-corrected chi connectivity index (χ2v) is 24.2. The molecule has 4 aromatic carbocycles. The van der Waals surface area contributed by atoms with Crippen molar-refractivity contribution in [1.82, 2.24) is 0 Å². The van der Waals surface area contributed by atoms with Crippen LogP contribution >= 0.6 is 22.6 Å². The Morgan fingerprint density at radius 2 is 0.779 bits per heavy atom. The van der Waals surface area contributed by atoms with Crippen LogP contribution in [0.3, 0.4) is 0 Å². The maximum Gasteiger partial charge on any atom is 0.305 e. The van der Waals surface area contributed by atoms with Gasteiger partial charge in [-0.3, -0.25) is 19.2 Å². The van der Waals surface area contributed by atoms with Gasteiger partial charge in [-0.25, -0.2) is 0 Å². The predicted molar refractivity (Wildman–Crippen MR) is 272 cm³/mol. The van der Waals surface area contributed by atoms with E-state index in [0.717, 1.165) is 61.2 Å². The number of aryl methyl sites for hydroxylation is 4. The summed E-state index contributed by atoms with van der Waals surface area (Å²) in [6.45, 7) is 11.4. The molecule has 0 aliphatic heterocycles. The topological polar surface area (TPSA) is 162 Å². The average Bonchev–Trinajstić information content (AvgIpc) is 3.31. The first-order chi connectivity index (χ1) is 32.2. The second-order valence-electron chi connectivity index (χ2n) is 18.3. The number of rotatable bonds is 24. The summed E-state index contributed by atoms with van der Waals surface area (Å²) in [5, 5.41) is 10.8. The molecule has 0 aliphatic carbocycles. The molecule has 0 aliphatic rings. The monoisotopic (exact) mass is 1070 g/mol. The van der Waals surface area contributed by atoms with Gasteiger partial charge in [0.1, 0.15) is 23.0 Å². The van der Waals surface area contributed by atoms with Gasteiger partial charge in [-0.2, -0.15) is 0 Å². The molecule has 0 saturated carbocycles.